The van der Waals surface area contributed by atoms with Crippen LogP contribution in [0.15, 0.2) is 6.07 Å². The van der Waals surface area contributed by atoms with Crippen molar-refractivity contribution < 1.29 is 17.1 Å². The molecule has 29 heavy (non-hydrogen) atoms. The van der Waals surface area contributed by atoms with Gasteiger partial charge in [-0.25, -0.2) is 6.07 Å². The zero-order valence-electron chi connectivity index (χ0n) is 20.8. The van der Waals surface area contributed by atoms with E-state index in [4.69, 9.17) is 0 Å². The number of aryl methyl sites for hydroxylation is 2. The number of hydrogen-bond acceptors (Lipinski definition) is 0. The average Bonchev–Trinajstić information content (AvgIpc) is 3.26. The molecule has 0 aliphatic rings. The summed E-state index contributed by atoms with van der Waals surface area (Å²) in [4.78, 5) is 0. The molecular weight excluding hydrogens is 392 g/mol. The van der Waals surface area contributed by atoms with Gasteiger partial charge in [-0.15, -0.1) is 0 Å². The molecule has 2 aromatic carbocycles. The molecular formula is C28H46Fe. The maximum atomic E-state index is 2.41. The molecule has 0 nitrogen and oxygen atoms in total. The summed E-state index contributed by atoms with van der Waals surface area (Å²) in [5.41, 5.74) is 14.7. The molecule has 2 aromatic rings. The van der Waals surface area contributed by atoms with Crippen LogP contribution in [0.2, 0.25) is 0 Å². The molecule has 0 atom stereocenters. The minimum Gasteiger partial charge on any atom is -0.207 e. The standard InChI is InChI=1S/C15H25.C13H21.Fe/c1-6-11-12(7-2)14(9-4)15(10-5)13(11)8-3;1-5-10-9-11(6-2)13(8-4)12(10)7-3;/h6-10H2,1-5H3;9H,5-8H2,1-4H3;/q2*-1;+2. The Morgan fingerprint density at radius 1 is 0.517 bits per heavy atom. The van der Waals surface area contributed by atoms with Crippen molar-refractivity contribution in [1.82, 2.24) is 0 Å². The molecule has 1 heteroatoms. The molecule has 0 saturated heterocycles. The van der Waals surface area contributed by atoms with Crippen molar-refractivity contribution in [3.63, 3.8) is 0 Å². The summed E-state index contributed by atoms with van der Waals surface area (Å²) in [6, 6.07) is 2.41. The fourth-order valence-corrected chi connectivity index (χ4v) is 5.33. The third kappa shape index (κ3) is 6.11. The summed E-state index contributed by atoms with van der Waals surface area (Å²) in [7, 11) is 0. The Balaban J connectivity index is 0.000000527. The minimum atomic E-state index is 0. The maximum absolute atomic E-state index is 2.41. The van der Waals surface area contributed by atoms with Crippen molar-refractivity contribution in [1.29, 1.82) is 0 Å². The molecule has 0 heterocycles. The molecule has 0 unspecified atom stereocenters. The molecule has 0 aliphatic heterocycles. The van der Waals surface area contributed by atoms with E-state index in [2.05, 4.69) is 68.4 Å². The van der Waals surface area contributed by atoms with E-state index in [1.807, 2.05) is 0 Å². The molecule has 0 saturated carbocycles. The first kappa shape index (κ1) is 28.2. The van der Waals surface area contributed by atoms with Crippen molar-refractivity contribution in [3.8, 4) is 0 Å². The van der Waals surface area contributed by atoms with Crippen LogP contribution in [0.5, 0.6) is 0 Å². The summed E-state index contributed by atoms with van der Waals surface area (Å²) < 4.78 is 0. The number of rotatable bonds is 9. The van der Waals surface area contributed by atoms with Crippen molar-refractivity contribution in [2.75, 3.05) is 0 Å². The molecule has 0 radical (unpaired) electrons. The van der Waals surface area contributed by atoms with Gasteiger partial charge in [0.2, 0.25) is 0 Å². The summed E-state index contributed by atoms with van der Waals surface area (Å²) in [5, 5.41) is 0. The fraction of sp³-hybridized carbons (Fsp3) is 0.643. The summed E-state index contributed by atoms with van der Waals surface area (Å²) in [6.45, 7) is 20.5. The molecule has 0 aromatic heterocycles. The van der Waals surface area contributed by atoms with E-state index in [1.165, 1.54) is 57.8 Å². The van der Waals surface area contributed by atoms with Gasteiger partial charge in [0.25, 0.3) is 0 Å². The SMILES string of the molecule is CCc1c(CC)c(CC)[c-](CC)c1CC.CCc1cc(CC)[c-](CC)c1CC.[Fe+2]. The second-order valence-electron chi connectivity index (χ2n) is 7.73. The fourth-order valence-electron chi connectivity index (χ4n) is 5.33. The Hall–Kier alpha value is -0.781. The molecule has 0 aliphatic carbocycles. The second-order valence-corrected chi connectivity index (χ2v) is 7.73. The van der Waals surface area contributed by atoms with Crippen molar-refractivity contribution >= 4 is 0 Å². The third-order valence-electron chi connectivity index (χ3n) is 6.55. The molecule has 166 valence electrons. The van der Waals surface area contributed by atoms with Gasteiger partial charge in [0.15, 0.2) is 0 Å². The van der Waals surface area contributed by atoms with Crippen LogP contribution in [0, 0.1) is 0 Å². The Bertz CT molecular complexity index is 593. The topological polar surface area (TPSA) is 0 Å². The van der Waals surface area contributed by atoms with Crippen LogP contribution in [0.3, 0.4) is 0 Å². The Kier molecular flexibility index (Phi) is 13.9. The predicted molar refractivity (Wildman–Crippen MR) is 128 cm³/mol. The normalized spacial score (nSPS) is 10.5. The van der Waals surface area contributed by atoms with Crippen LogP contribution in [0.4, 0.5) is 0 Å². The molecule has 0 bridgehead atoms. The van der Waals surface area contributed by atoms with Gasteiger partial charge < -0.3 is 0 Å². The molecule has 2 rings (SSSR count). The van der Waals surface area contributed by atoms with Crippen LogP contribution < -0.4 is 0 Å². The average molecular weight is 439 g/mol. The summed E-state index contributed by atoms with van der Waals surface area (Å²) in [5.74, 6) is 0. The van der Waals surface area contributed by atoms with Gasteiger partial charge >= 0.3 is 17.1 Å². The van der Waals surface area contributed by atoms with Crippen LogP contribution >= 0.6 is 0 Å². The monoisotopic (exact) mass is 438 g/mol. The van der Waals surface area contributed by atoms with Gasteiger partial charge in [-0.3, -0.25) is 0 Å². The van der Waals surface area contributed by atoms with E-state index in [1.54, 1.807) is 50.1 Å². The molecule has 0 amide bonds. The van der Waals surface area contributed by atoms with Crippen molar-refractivity contribution in [3.05, 3.63) is 56.1 Å². The zero-order valence-corrected chi connectivity index (χ0v) is 21.9. The summed E-state index contributed by atoms with van der Waals surface area (Å²) in [6.07, 6.45) is 10.8. The smallest absolute Gasteiger partial charge is 0.207 e. The van der Waals surface area contributed by atoms with E-state index < -0.39 is 0 Å². The Labute approximate surface area is 193 Å². The first-order valence-electron chi connectivity index (χ1n) is 12.1. The van der Waals surface area contributed by atoms with Gasteiger partial charge in [0, 0.05) is 0 Å². The van der Waals surface area contributed by atoms with E-state index in [0.717, 1.165) is 0 Å². The second kappa shape index (κ2) is 14.3. The van der Waals surface area contributed by atoms with E-state index in [9.17, 15) is 0 Å². The first-order valence-corrected chi connectivity index (χ1v) is 12.1. The largest absolute Gasteiger partial charge is 2.00 e. The van der Waals surface area contributed by atoms with Crippen LogP contribution in [-0.2, 0) is 74.9 Å². The Morgan fingerprint density at radius 3 is 1.24 bits per heavy atom. The van der Waals surface area contributed by atoms with Gasteiger partial charge in [-0.05, 0) is 0 Å². The van der Waals surface area contributed by atoms with E-state index in [0.29, 0.717) is 0 Å². The Morgan fingerprint density at radius 2 is 0.966 bits per heavy atom. The van der Waals surface area contributed by atoms with Crippen LogP contribution in [0.1, 0.15) is 112 Å². The summed E-state index contributed by atoms with van der Waals surface area (Å²) >= 11 is 0. The minimum absolute atomic E-state index is 0. The number of hydrogen-bond donors (Lipinski definition) is 0. The van der Waals surface area contributed by atoms with E-state index >= 15 is 0 Å². The maximum Gasteiger partial charge on any atom is 2.00 e. The first-order chi connectivity index (χ1) is 13.5. The molecule has 0 N–H and O–H groups in total. The van der Waals surface area contributed by atoms with Gasteiger partial charge in [-0.1, -0.05) is 120 Å². The van der Waals surface area contributed by atoms with Gasteiger partial charge in [0.05, 0.1) is 0 Å². The quantitative estimate of drug-likeness (QED) is 0.276. The van der Waals surface area contributed by atoms with Crippen molar-refractivity contribution in [2.45, 2.75) is 120 Å². The third-order valence-corrected chi connectivity index (χ3v) is 6.55. The van der Waals surface area contributed by atoms with Crippen LogP contribution in [-0.4, -0.2) is 0 Å². The molecule has 0 spiro atoms. The van der Waals surface area contributed by atoms with E-state index in [-0.39, 0.29) is 17.1 Å². The van der Waals surface area contributed by atoms with Crippen LogP contribution in [0.25, 0.3) is 0 Å². The van der Waals surface area contributed by atoms with Gasteiger partial charge in [-0.2, -0.15) is 50.1 Å². The predicted octanol–water partition coefficient (Wildman–Crippen LogP) is 7.87. The van der Waals surface area contributed by atoms with Crippen molar-refractivity contribution in [2.24, 2.45) is 0 Å². The molecule has 0 fully saturated rings. The van der Waals surface area contributed by atoms with Gasteiger partial charge in [0.1, 0.15) is 0 Å². The zero-order chi connectivity index (χ0) is 21.3.